The minimum Gasteiger partial charge on any atom is -0.479 e. The van der Waals surface area contributed by atoms with Crippen LogP contribution in [0.15, 0.2) is 18.2 Å². The predicted octanol–water partition coefficient (Wildman–Crippen LogP) is 1.70. The Hall–Kier alpha value is -1.71. The first-order valence-electron chi connectivity index (χ1n) is 4.97. The number of carbonyl (C=O) groups excluding carboxylic acids is 1. The van der Waals surface area contributed by atoms with Gasteiger partial charge in [-0.25, -0.2) is 4.79 Å². The van der Waals surface area contributed by atoms with Crippen molar-refractivity contribution in [3.05, 3.63) is 34.9 Å². The van der Waals surface area contributed by atoms with Crippen molar-refractivity contribution in [2.75, 3.05) is 0 Å². The third kappa shape index (κ3) is 2.94. The SMILES string of the molecule is CC(=O)C(Br)c1ccc(C(O)C(=O)O)c(C#N)c1. The van der Waals surface area contributed by atoms with E-state index in [1.807, 2.05) is 6.07 Å². The molecule has 0 aliphatic rings. The highest BCUT2D eigenvalue weighted by atomic mass is 79.9. The zero-order chi connectivity index (χ0) is 13.9. The molecule has 0 fully saturated rings. The number of hydrogen-bond donors (Lipinski definition) is 2. The number of carboxylic acid groups (broad SMARTS) is 1. The van der Waals surface area contributed by atoms with Gasteiger partial charge in [-0.15, -0.1) is 0 Å². The molecule has 0 radical (unpaired) electrons. The zero-order valence-electron chi connectivity index (χ0n) is 9.42. The molecule has 0 amide bonds. The fourth-order valence-electron chi connectivity index (χ4n) is 1.43. The monoisotopic (exact) mass is 311 g/mol. The normalized spacial score (nSPS) is 13.4. The number of Topliss-reactive ketones (excluding diaryl/α,β-unsaturated/α-hetero) is 1. The largest absolute Gasteiger partial charge is 0.479 e. The number of alkyl halides is 1. The van der Waals surface area contributed by atoms with Crippen molar-refractivity contribution in [3.63, 3.8) is 0 Å². The van der Waals surface area contributed by atoms with Crippen LogP contribution >= 0.6 is 15.9 Å². The maximum absolute atomic E-state index is 11.2. The molecule has 0 bridgehead atoms. The van der Waals surface area contributed by atoms with Crippen LogP contribution in [0.4, 0.5) is 0 Å². The third-order valence-electron chi connectivity index (χ3n) is 2.38. The van der Waals surface area contributed by atoms with Crippen molar-refractivity contribution in [3.8, 4) is 6.07 Å². The van der Waals surface area contributed by atoms with Crippen LogP contribution in [0, 0.1) is 11.3 Å². The van der Waals surface area contributed by atoms with Gasteiger partial charge in [0, 0.05) is 5.56 Å². The van der Waals surface area contributed by atoms with Crippen LogP contribution in [0.2, 0.25) is 0 Å². The maximum atomic E-state index is 11.2. The molecule has 2 atom stereocenters. The van der Waals surface area contributed by atoms with Gasteiger partial charge >= 0.3 is 5.97 Å². The van der Waals surface area contributed by atoms with Crippen LogP contribution in [0.3, 0.4) is 0 Å². The van der Waals surface area contributed by atoms with Gasteiger partial charge < -0.3 is 10.2 Å². The van der Waals surface area contributed by atoms with Gasteiger partial charge in [0.25, 0.3) is 0 Å². The number of carbonyl (C=O) groups is 2. The van der Waals surface area contributed by atoms with E-state index < -0.39 is 16.9 Å². The average molecular weight is 312 g/mol. The van der Waals surface area contributed by atoms with Gasteiger partial charge in [0.2, 0.25) is 0 Å². The summed E-state index contributed by atoms with van der Waals surface area (Å²) in [6.07, 6.45) is -1.75. The summed E-state index contributed by atoms with van der Waals surface area (Å²) in [5, 5.41) is 27.1. The Morgan fingerprint density at radius 2 is 2.06 bits per heavy atom. The highest BCUT2D eigenvalue weighted by Gasteiger charge is 2.21. The van der Waals surface area contributed by atoms with E-state index in [9.17, 15) is 14.7 Å². The van der Waals surface area contributed by atoms with Gasteiger partial charge in [-0.1, -0.05) is 28.1 Å². The minimum atomic E-state index is -1.75. The van der Waals surface area contributed by atoms with Crippen molar-refractivity contribution in [1.82, 2.24) is 0 Å². The molecule has 94 valence electrons. The van der Waals surface area contributed by atoms with E-state index in [1.165, 1.54) is 25.1 Å². The predicted molar refractivity (Wildman–Crippen MR) is 66.1 cm³/mol. The molecule has 2 unspecified atom stereocenters. The highest BCUT2D eigenvalue weighted by Crippen LogP contribution is 2.27. The Balaban J connectivity index is 3.25. The van der Waals surface area contributed by atoms with E-state index in [2.05, 4.69) is 15.9 Å². The summed E-state index contributed by atoms with van der Waals surface area (Å²) in [6.45, 7) is 1.39. The summed E-state index contributed by atoms with van der Waals surface area (Å²) < 4.78 is 0. The molecule has 0 aliphatic carbocycles. The Bertz CT molecular complexity index is 535. The number of rotatable bonds is 4. The number of nitrogens with zero attached hydrogens (tertiary/aromatic N) is 1. The van der Waals surface area contributed by atoms with E-state index in [4.69, 9.17) is 10.4 Å². The molecule has 1 aromatic rings. The first-order chi connectivity index (χ1) is 8.38. The average Bonchev–Trinajstić information content (AvgIpc) is 2.35. The first-order valence-corrected chi connectivity index (χ1v) is 5.89. The van der Waals surface area contributed by atoms with Crippen molar-refractivity contribution in [2.45, 2.75) is 17.9 Å². The van der Waals surface area contributed by atoms with E-state index in [0.717, 1.165) is 0 Å². The Morgan fingerprint density at radius 1 is 1.44 bits per heavy atom. The molecule has 2 N–H and O–H groups in total. The molecule has 0 aromatic heterocycles. The molecule has 0 aliphatic heterocycles. The molecule has 0 heterocycles. The summed E-state index contributed by atoms with van der Waals surface area (Å²) in [7, 11) is 0. The second-order valence-electron chi connectivity index (χ2n) is 3.67. The molecule has 5 nitrogen and oxygen atoms in total. The number of aliphatic hydroxyl groups excluding tert-OH is 1. The van der Waals surface area contributed by atoms with Crippen LogP contribution in [0.25, 0.3) is 0 Å². The Labute approximate surface area is 112 Å². The summed E-state index contributed by atoms with van der Waals surface area (Å²) in [5.74, 6) is -1.56. The van der Waals surface area contributed by atoms with Gasteiger partial charge in [-0.2, -0.15) is 5.26 Å². The lowest BCUT2D eigenvalue weighted by atomic mass is 9.98. The lowest BCUT2D eigenvalue weighted by molar-refractivity contribution is -0.147. The summed E-state index contributed by atoms with van der Waals surface area (Å²) in [4.78, 5) is 21.3. The molecule has 18 heavy (non-hydrogen) atoms. The Morgan fingerprint density at radius 3 is 2.50 bits per heavy atom. The molecular formula is C12H10BrNO4. The van der Waals surface area contributed by atoms with Gasteiger partial charge in [-0.05, 0) is 18.6 Å². The number of benzene rings is 1. The molecule has 0 saturated carbocycles. The number of halogens is 1. The van der Waals surface area contributed by atoms with E-state index in [1.54, 1.807) is 0 Å². The fourth-order valence-corrected chi connectivity index (χ4v) is 1.72. The second-order valence-corrected chi connectivity index (χ2v) is 4.59. The number of hydrogen-bond acceptors (Lipinski definition) is 4. The van der Waals surface area contributed by atoms with Crippen LogP contribution in [0.5, 0.6) is 0 Å². The molecule has 0 spiro atoms. The fraction of sp³-hybridized carbons (Fsp3) is 0.250. The van der Waals surface area contributed by atoms with Crippen LogP contribution in [-0.2, 0) is 9.59 Å². The molecule has 1 aromatic carbocycles. The minimum absolute atomic E-state index is 0.0111. The Kier molecular flexibility index (Phi) is 4.59. The maximum Gasteiger partial charge on any atom is 0.337 e. The van der Waals surface area contributed by atoms with E-state index in [0.29, 0.717) is 5.56 Å². The van der Waals surface area contributed by atoms with Gasteiger partial charge in [0.05, 0.1) is 16.5 Å². The smallest absolute Gasteiger partial charge is 0.337 e. The highest BCUT2D eigenvalue weighted by molar-refractivity contribution is 9.09. The molecular weight excluding hydrogens is 302 g/mol. The third-order valence-corrected chi connectivity index (χ3v) is 3.55. The van der Waals surface area contributed by atoms with Crippen molar-refractivity contribution in [1.29, 1.82) is 5.26 Å². The van der Waals surface area contributed by atoms with Crippen molar-refractivity contribution >= 4 is 27.7 Å². The van der Waals surface area contributed by atoms with Crippen molar-refractivity contribution in [2.24, 2.45) is 0 Å². The number of aliphatic carboxylic acids is 1. The lowest BCUT2D eigenvalue weighted by Crippen LogP contribution is -2.12. The summed E-state index contributed by atoms with van der Waals surface area (Å²) >= 11 is 3.17. The first kappa shape index (κ1) is 14.4. The number of aliphatic hydroxyl groups is 1. The number of nitriles is 1. The van der Waals surface area contributed by atoms with Gasteiger partial charge in [0.1, 0.15) is 5.78 Å². The van der Waals surface area contributed by atoms with Crippen LogP contribution in [0.1, 0.15) is 34.5 Å². The van der Waals surface area contributed by atoms with E-state index in [-0.39, 0.29) is 16.9 Å². The van der Waals surface area contributed by atoms with Gasteiger partial charge in [0.15, 0.2) is 6.10 Å². The van der Waals surface area contributed by atoms with E-state index >= 15 is 0 Å². The number of carboxylic acids is 1. The molecule has 0 saturated heterocycles. The van der Waals surface area contributed by atoms with Crippen LogP contribution < -0.4 is 0 Å². The lowest BCUT2D eigenvalue weighted by Gasteiger charge is -2.11. The quantitative estimate of drug-likeness (QED) is 0.825. The summed E-state index contributed by atoms with van der Waals surface area (Å²) in [6, 6.07) is 6.04. The van der Waals surface area contributed by atoms with Crippen LogP contribution in [-0.4, -0.2) is 22.0 Å². The number of ketones is 1. The summed E-state index contributed by atoms with van der Waals surface area (Å²) in [5.41, 5.74) is 0.588. The topological polar surface area (TPSA) is 98.4 Å². The molecule has 6 heteroatoms. The van der Waals surface area contributed by atoms with Gasteiger partial charge in [-0.3, -0.25) is 4.79 Å². The molecule has 1 rings (SSSR count). The second kappa shape index (κ2) is 5.76. The van der Waals surface area contributed by atoms with Crippen molar-refractivity contribution < 1.29 is 19.8 Å². The standard InChI is InChI=1S/C12H10BrNO4/c1-6(15)10(13)7-2-3-9(8(4-7)5-14)11(16)12(17)18/h2-4,10-11,16H,1H3,(H,17,18). The zero-order valence-corrected chi connectivity index (χ0v) is 11.0.